The molecule has 0 amide bonds. The minimum absolute atomic E-state index is 0.769. The molecule has 2 radical (unpaired) electrons. The van der Waals surface area contributed by atoms with Crippen LogP contribution in [0.4, 0.5) is 0 Å². The Hall–Kier alpha value is 0.130. The van der Waals surface area contributed by atoms with E-state index in [-0.39, 0.29) is 0 Å². The van der Waals surface area contributed by atoms with Crippen molar-refractivity contribution in [3.63, 3.8) is 0 Å². The first-order chi connectivity index (χ1) is 3.31. The van der Waals surface area contributed by atoms with Crippen LogP contribution in [0.1, 0.15) is 6.92 Å². The second-order valence-electron chi connectivity index (χ2n) is 1.95. The monoisotopic (exact) mass is 94.1 g/mol. The average Bonchev–Trinajstić information content (AvgIpc) is 1.68. The maximum atomic E-state index is 2.22. The van der Waals surface area contributed by atoms with Crippen molar-refractivity contribution in [1.82, 2.24) is 0 Å². The molecule has 0 aliphatic heterocycles. The molecule has 0 aliphatic carbocycles. The van der Waals surface area contributed by atoms with Gasteiger partial charge in [-0.15, -0.1) is 0 Å². The van der Waals surface area contributed by atoms with Gasteiger partial charge in [-0.25, -0.2) is 0 Å². The molecule has 0 saturated heterocycles. The third-order valence-electron chi connectivity index (χ3n) is 1.18. The van der Waals surface area contributed by atoms with Crippen molar-refractivity contribution < 1.29 is 0 Å². The Morgan fingerprint density at radius 3 is 2.14 bits per heavy atom. The van der Waals surface area contributed by atoms with E-state index >= 15 is 0 Å². The Balaban J connectivity index is 2.83. The first-order valence-electron chi connectivity index (χ1n) is 2.88. The highest BCUT2D eigenvalue weighted by Gasteiger charge is 1.95. The second-order valence-corrected chi connectivity index (χ2v) is 1.95. The molecule has 0 spiro atoms. The maximum absolute atomic E-state index is 2.22. The molecule has 1 atom stereocenters. The zero-order valence-corrected chi connectivity index (χ0v) is 5.44. The van der Waals surface area contributed by atoms with Crippen LogP contribution in [0.3, 0.4) is 0 Å². The molecule has 0 nitrogen and oxygen atoms in total. The minimum Gasteiger partial charge on any atom is -0.0920 e. The van der Waals surface area contributed by atoms with Gasteiger partial charge in [-0.3, -0.25) is 0 Å². The lowest BCUT2D eigenvalue weighted by molar-refractivity contribution is 1.05. The molecule has 0 aromatic carbocycles. The lowest BCUT2D eigenvalue weighted by Gasteiger charge is -2.00. The van der Waals surface area contributed by atoms with Crippen molar-refractivity contribution >= 4 is 14.6 Å². The van der Waals surface area contributed by atoms with Gasteiger partial charge in [0, 0.05) is 0 Å². The first kappa shape index (κ1) is 7.13. The smallest absolute Gasteiger partial charge is 0.0920 e. The van der Waals surface area contributed by atoms with Crippen LogP contribution in [0.25, 0.3) is 0 Å². The third-order valence-corrected chi connectivity index (χ3v) is 1.18. The van der Waals surface area contributed by atoms with Crippen LogP contribution in [0.2, 0.25) is 25.8 Å². The summed E-state index contributed by atoms with van der Waals surface area (Å²) in [5.41, 5.74) is 0. The first-order valence-corrected chi connectivity index (χ1v) is 2.88. The van der Waals surface area contributed by atoms with Crippen molar-refractivity contribution in [2.75, 3.05) is 0 Å². The molecule has 0 heterocycles. The van der Waals surface area contributed by atoms with E-state index < -0.39 is 0 Å². The van der Waals surface area contributed by atoms with Gasteiger partial charge in [0.15, 0.2) is 0 Å². The summed E-state index contributed by atoms with van der Waals surface area (Å²) in [6, 6.07) is 0. The van der Waals surface area contributed by atoms with Crippen molar-refractivity contribution in [3.8, 4) is 0 Å². The largest absolute Gasteiger partial charge is 0.108 e. The molecule has 7 heavy (non-hydrogen) atoms. The van der Waals surface area contributed by atoms with E-state index in [1.165, 1.54) is 6.32 Å². The average molecular weight is 93.8 g/mol. The zero-order valence-electron chi connectivity index (χ0n) is 5.44. The Bertz CT molecular complexity index is 37.1. The summed E-state index contributed by atoms with van der Waals surface area (Å²) in [7, 11) is 4.42. The molecule has 0 unspecified atom stereocenters. The van der Waals surface area contributed by atoms with Crippen molar-refractivity contribution in [2.24, 2.45) is 0 Å². The molecule has 0 rings (SSSR count). The molecular weight excluding hydrogens is 81.7 g/mol. The molecule has 2 heteroatoms. The zero-order chi connectivity index (χ0) is 5.70. The van der Waals surface area contributed by atoms with Crippen LogP contribution in [0.5, 0.6) is 0 Å². The van der Waals surface area contributed by atoms with E-state index in [4.69, 9.17) is 0 Å². The van der Waals surface area contributed by atoms with Gasteiger partial charge < -0.3 is 0 Å². The standard InChI is InChI=1S/C5H12B2/c1-5(7-3)4-6-2/h5H,4H2,1-3H3/t5-/m1/s1. The summed E-state index contributed by atoms with van der Waals surface area (Å²) in [6.45, 7) is 6.42. The number of hydrogen-bond donors (Lipinski definition) is 0. The SMILES string of the molecule is C[B]C[C@@H](C)[B]C. The van der Waals surface area contributed by atoms with Crippen molar-refractivity contribution in [3.05, 3.63) is 0 Å². The van der Waals surface area contributed by atoms with E-state index in [1.54, 1.807) is 0 Å². The van der Waals surface area contributed by atoms with Crippen LogP contribution in [0.15, 0.2) is 0 Å². The van der Waals surface area contributed by atoms with E-state index in [9.17, 15) is 0 Å². The van der Waals surface area contributed by atoms with Gasteiger partial charge in [0.25, 0.3) is 0 Å². The highest BCUT2D eigenvalue weighted by molar-refractivity contribution is 6.41. The van der Waals surface area contributed by atoms with E-state index in [0.717, 1.165) is 5.82 Å². The predicted octanol–water partition coefficient (Wildman–Crippen LogP) is 1.72. The van der Waals surface area contributed by atoms with E-state index in [1.807, 2.05) is 0 Å². The summed E-state index contributed by atoms with van der Waals surface area (Å²) < 4.78 is 0. The Kier molecular flexibility index (Phi) is 4.37. The van der Waals surface area contributed by atoms with Crippen molar-refractivity contribution in [1.29, 1.82) is 0 Å². The summed E-state index contributed by atoms with van der Waals surface area (Å²) in [4.78, 5) is 0. The van der Waals surface area contributed by atoms with Gasteiger partial charge in [0.1, 0.15) is 14.6 Å². The Labute approximate surface area is 48.2 Å². The fraction of sp³-hybridized carbons (Fsp3) is 1.00. The summed E-state index contributed by atoms with van der Waals surface area (Å²) in [5, 5.41) is 0. The molecular formula is C5H12B2. The second kappa shape index (κ2) is 4.29. The van der Waals surface area contributed by atoms with Crippen LogP contribution < -0.4 is 0 Å². The molecule has 0 fully saturated rings. The van der Waals surface area contributed by atoms with E-state index in [2.05, 4.69) is 35.1 Å². The molecule has 0 aromatic rings. The molecule has 0 N–H and O–H groups in total. The minimum atomic E-state index is 0.769. The van der Waals surface area contributed by atoms with Crippen LogP contribution in [-0.4, -0.2) is 14.6 Å². The van der Waals surface area contributed by atoms with Crippen LogP contribution in [-0.2, 0) is 0 Å². The van der Waals surface area contributed by atoms with Crippen molar-refractivity contribution in [2.45, 2.75) is 32.7 Å². The fourth-order valence-corrected chi connectivity index (χ4v) is 0.508. The number of hydrogen-bond acceptors (Lipinski definition) is 0. The summed E-state index contributed by atoms with van der Waals surface area (Å²) in [6.07, 6.45) is 1.22. The van der Waals surface area contributed by atoms with Gasteiger partial charge >= 0.3 is 0 Å². The van der Waals surface area contributed by atoms with Crippen LogP contribution >= 0.6 is 0 Å². The van der Waals surface area contributed by atoms with Gasteiger partial charge in [0.2, 0.25) is 0 Å². The highest BCUT2D eigenvalue weighted by Crippen LogP contribution is 2.05. The molecule has 38 valence electrons. The summed E-state index contributed by atoms with van der Waals surface area (Å²) >= 11 is 0. The molecule has 0 bridgehead atoms. The Morgan fingerprint density at radius 1 is 1.43 bits per heavy atom. The third kappa shape index (κ3) is 3.97. The van der Waals surface area contributed by atoms with E-state index in [0.29, 0.717) is 0 Å². The topological polar surface area (TPSA) is 0 Å². The molecule has 0 aliphatic rings. The molecule has 0 saturated carbocycles. The van der Waals surface area contributed by atoms with Gasteiger partial charge in [-0.2, -0.15) is 0 Å². The maximum Gasteiger partial charge on any atom is 0.108 e. The summed E-state index contributed by atoms with van der Waals surface area (Å²) in [5.74, 6) is 0.769. The molecule has 0 aromatic heterocycles. The van der Waals surface area contributed by atoms with Crippen LogP contribution in [0, 0.1) is 0 Å². The highest BCUT2D eigenvalue weighted by atomic mass is 13.8. The number of rotatable bonds is 3. The quantitative estimate of drug-likeness (QED) is 0.467. The van der Waals surface area contributed by atoms with Gasteiger partial charge in [0.05, 0.1) is 0 Å². The Morgan fingerprint density at radius 2 is 2.00 bits per heavy atom. The lowest BCUT2D eigenvalue weighted by atomic mass is 9.58. The lowest BCUT2D eigenvalue weighted by Crippen LogP contribution is -1.95. The fourth-order valence-electron chi connectivity index (χ4n) is 0.508. The predicted molar refractivity (Wildman–Crippen MR) is 37.5 cm³/mol. The van der Waals surface area contributed by atoms with Gasteiger partial charge in [-0.1, -0.05) is 32.7 Å². The normalized spacial score (nSPS) is 13.0. The van der Waals surface area contributed by atoms with Gasteiger partial charge in [-0.05, 0) is 0 Å².